The highest BCUT2D eigenvalue weighted by molar-refractivity contribution is 6.35. The lowest BCUT2D eigenvalue weighted by molar-refractivity contribution is -0.130. The van der Waals surface area contributed by atoms with Crippen molar-refractivity contribution in [3.63, 3.8) is 0 Å². The molecule has 1 aromatic carbocycles. The minimum atomic E-state index is -0.320. The van der Waals surface area contributed by atoms with E-state index in [1.807, 2.05) is 4.90 Å². The molecular formula is C17H20Cl2N2O2. The van der Waals surface area contributed by atoms with Crippen LogP contribution in [0, 0.1) is 5.92 Å². The molecule has 6 heteroatoms. The molecule has 1 saturated carbocycles. The normalized spacial score (nSPS) is 22.4. The molecule has 0 unspecified atom stereocenters. The van der Waals surface area contributed by atoms with Crippen LogP contribution in [0.2, 0.25) is 10.0 Å². The number of nitrogens with one attached hydrogen (secondary N) is 1. The Kier molecular flexibility index (Phi) is 5.12. The SMILES string of the molecule is O=C(Nc1cc(Cl)ccc1Cl)[C@H]1CC(=O)N(C2CCCCC2)C1. The van der Waals surface area contributed by atoms with Crippen LogP contribution in [0.4, 0.5) is 5.69 Å². The van der Waals surface area contributed by atoms with Gasteiger partial charge in [-0.05, 0) is 31.0 Å². The zero-order chi connectivity index (χ0) is 16.4. The zero-order valence-electron chi connectivity index (χ0n) is 12.9. The van der Waals surface area contributed by atoms with E-state index < -0.39 is 0 Å². The summed E-state index contributed by atoms with van der Waals surface area (Å²) in [5, 5.41) is 3.75. The van der Waals surface area contributed by atoms with Gasteiger partial charge in [-0.25, -0.2) is 0 Å². The molecule has 1 heterocycles. The number of halogens is 2. The summed E-state index contributed by atoms with van der Waals surface area (Å²) in [4.78, 5) is 26.6. The summed E-state index contributed by atoms with van der Waals surface area (Å²) in [7, 11) is 0. The first-order chi connectivity index (χ1) is 11.0. The van der Waals surface area contributed by atoms with Crippen molar-refractivity contribution in [2.45, 2.75) is 44.6 Å². The van der Waals surface area contributed by atoms with Gasteiger partial charge in [-0.15, -0.1) is 0 Å². The highest BCUT2D eigenvalue weighted by Crippen LogP contribution is 2.30. The fraction of sp³-hybridized carbons (Fsp3) is 0.529. The summed E-state index contributed by atoms with van der Waals surface area (Å²) in [5.74, 6) is -0.394. The topological polar surface area (TPSA) is 49.4 Å². The Bertz CT molecular complexity index is 615. The predicted octanol–water partition coefficient (Wildman–Crippen LogP) is 4.11. The summed E-state index contributed by atoms with van der Waals surface area (Å²) in [6.07, 6.45) is 5.98. The number of nitrogens with zero attached hydrogens (tertiary/aromatic N) is 1. The molecule has 124 valence electrons. The van der Waals surface area contributed by atoms with Crippen LogP contribution in [-0.4, -0.2) is 29.3 Å². The molecule has 2 fully saturated rings. The van der Waals surface area contributed by atoms with Gasteiger partial charge in [0, 0.05) is 24.0 Å². The third-order valence-corrected chi connectivity index (χ3v) is 5.30. The molecule has 3 rings (SSSR count). The summed E-state index contributed by atoms with van der Waals surface area (Å²) < 4.78 is 0. The quantitative estimate of drug-likeness (QED) is 0.887. The van der Waals surface area contributed by atoms with E-state index in [-0.39, 0.29) is 24.2 Å². The van der Waals surface area contributed by atoms with Crippen LogP contribution in [0.5, 0.6) is 0 Å². The third kappa shape index (κ3) is 3.81. The van der Waals surface area contributed by atoms with E-state index in [4.69, 9.17) is 23.2 Å². The molecule has 1 aliphatic carbocycles. The number of benzene rings is 1. The maximum absolute atomic E-state index is 12.5. The van der Waals surface area contributed by atoms with E-state index in [1.165, 1.54) is 19.3 Å². The maximum Gasteiger partial charge on any atom is 0.229 e. The maximum atomic E-state index is 12.5. The van der Waals surface area contributed by atoms with Crippen molar-refractivity contribution in [3.8, 4) is 0 Å². The van der Waals surface area contributed by atoms with Gasteiger partial charge in [0.05, 0.1) is 16.6 Å². The van der Waals surface area contributed by atoms with Crippen LogP contribution in [-0.2, 0) is 9.59 Å². The van der Waals surface area contributed by atoms with Crippen LogP contribution >= 0.6 is 23.2 Å². The lowest BCUT2D eigenvalue weighted by Crippen LogP contribution is -2.38. The fourth-order valence-corrected chi connectivity index (χ4v) is 3.82. The van der Waals surface area contributed by atoms with Gasteiger partial charge < -0.3 is 10.2 Å². The number of carbonyl (C=O) groups is 2. The van der Waals surface area contributed by atoms with Gasteiger partial charge in [0.15, 0.2) is 0 Å². The first kappa shape index (κ1) is 16.6. The molecule has 0 aromatic heterocycles. The second-order valence-electron chi connectivity index (χ2n) is 6.35. The Morgan fingerprint density at radius 2 is 1.91 bits per heavy atom. The van der Waals surface area contributed by atoms with Crippen LogP contribution in [0.3, 0.4) is 0 Å². The van der Waals surface area contributed by atoms with Crippen molar-refractivity contribution < 1.29 is 9.59 Å². The molecule has 1 aliphatic heterocycles. The molecule has 0 radical (unpaired) electrons. The minimum Gasteiger partial charge on any atom is -0.339 e. The second kappa shape index (κ2) is 7.10. The molecule has 0 bridgehead atoms. The Morgan fingerprint density at radius 3 is 2.65 bits per heavy atom. The zero-order valence-corrected chi connectivity index (χ0v) is 14.4. The molecule has 4 nitrogen and oxygen atoms in total. The largest absolute Gasteiger partial charge is 0.339 e. The number of hydrogen-bond donors (Lipinski definition) is 1. The fourth-order valence-electron chi connectivity index (χ4n) is 3.48. The van der Waals surface area contributed by atoms with Crippen LogP contribution in [0.15, 0.2) is 18.2 Å². The van der Waals surface area contributed by atoms with Crippen molar-refractivity contribution in [3.05, 3.63) is 28.2 Å². The standard InChI is InChI=1S/C17H20Cl2N2O2/c18-12-6-7-14(19)15(9-12)20-17(23)11-8-16(22)21(10-11)13-4-2-1-3-5-13/h6-7,9,11,13H,1-5,8,10H2,(H,20,23)/t11-/m0/s1. The second-order valence-corrected chi connectivity index (χ2v) is 7.20. The summed E-state index contributed by atoms with van der Waals surface area (Å²) >= 11 is 12.0. The molecule has 1 aromatic rings. The first-order valence-electron chi connectivity index (χ1n) is 8.10. The average molecular weight is 355 g/mol. The summed E-state index contributed by atoms with van der Waals surface area (Å²) in [5.41, 5.74) is 0.493. The van der Waals surface area contributed by atoms with Crippen LogP contribution < -0.4 is 5.32 Å². The number of rotatable bonds is 3. The number of carbonyl (C=O) groups excluding carboxylic acids is 2. The molecule has 2 aliphatic rings. The average Bonchev–Trinajstić information content (AvgIpc) is 2.94. The number of anilines is 1. The number of hydrogen-bond acceptors (Lipinski definition) is 2. The predicted molar refractivity (Wildman–Crippen MR) is 91.8 cm³/mol. The smallest absolute Gasteiger partial charge is 0.229 e. The Labute approximate surface area is 146 Å². The van der Waals surface area contributed by atoms with Gasteiger partial charge in [0.1, 0.15) is 0 Å². The van der Waals surface area contributed by atoms with Crippen LogP contribution in [0.1, 0.15) is 38.5 Å². The molecule has 1 N–H and O–H groups in total. The van der Waals surface area contributed by atoms with E-state index in [0.717, 1.165) is 12.8 Å². The van der Waals surface area contributed by atoms with Crippen molar-refractivity contribution in [1.29, 1.82) is 0 Å². The van der Waals surface area contributed by atoms with E-state index in [2.05, 4.69) is 5.32 Å². The highest BCUT2D eigenvalue weighted by atomic mass is 35.5. The van der Waals surface area contributed by atoms with Gasteiger partial charge in [-0.1, -0.05) is 42.5 Å². The van der Waals surface area contributed by atoms with Gasteiger partial charge in [0.25, 0.3) is 0 Å². The van der Waals surface area contributed by atoms with Crippen molar-refractivity contribution >= 4 is 40.7 Å². The molecule has 2 amide bonds. The van der Waals surface area contributed by atoms with Gasteiger partial charge in [-0.3, -0.25) is 9.59 Å². The van der Waals surface area contributed by atoms with Crippen molar-refractivity contribution in [1.82, 2.24) is 4.90 Å². The van der Waals surface area contributed by atoms with Gasteiger partial charge in [0.2, 0.25) is 11.8 Å². The van der Waals surface area contributed by atoms with E-state index in [1.54, 1.807) is 18.2 Å². The Balaban J connectivity index is 1.64. The number of likely N-dealkylation sites (tertiary alicyclic amines) is 1. The van der Waals surface area contributed by atoms with Gasteiger partial charge in [-0.2, -0.15) is 0 Å². The summed E-state index contributed by atoms with van der Waals surface area (Å²) in [6, 6.07) is 5.25. The minimum absolute atomic E-state index is 0.0919. The summed E-state index contributed by atoms with van der Waals surface area (Å²) in [6.45, 7) is 0.507. The molecule has 1 saturated heterocycles. The molecular weight excluding hydrogens is 335 g/mol. The lowest BCUT2D eigenvalue weighted by Gasteiger charge is -2.31. The lowest BCUT2D eigenvalue weighted by atomic mass is 9.94. The highest BCUT2D eigenvalue weighted by Gasteiger charge is 2.38. The van der Waals surface area contributed by atoms with E-state index >= 15 is 0 Å². The van der Waals surface area contributed by atoms with Gasteiger partial charge >= 0.3 is 0 Å². The first-order valence-corrected chi connectivity index (χ1v) is 8.85. The van der Waals surface area contributed by atoms with Crippen molar-refractivity contribution in [2.75, 3.05) is 11.9 Å². The van der Waals surface area contributed by atoms with Crippen molar-refractivity contribution in [2.24, 2.45) is 5.92 Å². The Hall–Kier alpha value is -1.26. The Morgan fingerprint density at radius 1 is 1.17 bits per heavy atom. The molecule has 23 heavy (non-hydrogen) atoms. The molecule has 0 spiro atoms. The number of amides is 2. The van der Waals surface area contributed by atoms with Crippen LogP contribution in [0.25, 0.3) is 0 Å². The third-order valence-electron chi connectivity index (χ3n) is 4.73. The molecule has 1 atom stereocenters. The van der Waals surface area contributed by atoms with E-state index in [0.29, 0.717) is 28.3 Å². The van der Waals surface area contributed by atoms with E-state index in [9.17, 15) is 9.59 Å². The monoisotopic (exact) mass is 354 g/mol.